The van der Waals surface area contributed by atoms with Crippen LogP contribution in [-0.2, 0) is 22.4 Å². The molecule has 0 fully saturated rings. The third-order valence-electron chi connectivity index (χ3n) is 5.14. The van der Waals surface area contributed by atoms with Crippen molar-refractivity contribution < 1.29 is 14.3 Å². The van der Waals surface area contributed by atoms with Crippen LogP contribution in [0.25, 0.3) is 10.9 Å². The molecule has 0 bridgehead atoms. The molecule has 1 aliphatic rings. The molecule has 4 rings (SSSR count). The molecule has 0 saturated carbocycles. The lowest BCUT2D eigenvalue weighted by Gasteiger charge is -2.21. The average molecular weight is 409 g/mol. The van der Waals surface area contributed by atoms with Crippen molar-refractivity contribution in [2.75, 3.05) is 5.32 Å². The first-order valence-corrected chi connectivity index (χ1v) is 10.1. The second-order valence-corrected chi connectivity index (χ2v) is 7.62. The number of nitrogens with zero attached hydrogens (tertiary/aromatic N) is 1. The van der Waals surface area contributed by atoms with E-state index in [0.29, 0.717) is 16.3 Å². The zero-order chi connectivity index (χ0) is 20.4. The normalized spacial score (nSPS) is 14.1. The molecule has 148 valence electrons. The van der Waals surface area contributed by atoms with Crippen molar-refractivity contribution in [1.82, 2.24) is 4.98 Å². The van der Waals surface area contributed by atoms with Crippen LogP contribution in [0.5, 0.6) is 0 Å². The van der Waals surface area contributed by atoms with Crippen molar-refractivity contribution in [3.8, 4) is 0 Å². The quantitative estimate of drug-likeness (QED) is 0.620. The Labute approximate surface area is 174 Å². The number of anilines is 1. The molecule has 1 aliphatic carbocycles. The first-order valence-electron chi connectivity index (χ1n) is 9.71. The van der Waals surface area contributed by atoms with E-state index in [1.807, 2.05) is 24.3 Å². The maximum Gasteiger partial charge on any atom is 0.339 e. The lowest BCUT2D eigenvalue weighted by Crippen LogP contribution is -2.30. The van der Waals surface area contributed by atoms with Crippen LogP contribution in [0.3, 0.4) is 0 Å². The molecule has 2 aromatic carbocycles. The molecule has 0 spiro atoms. The topological polar surface area (TPSA) is 68.3 Å². The van der Waals surface area contributed by atoms with Crippen LogP contribution >= 0.6 is 11.6 Å². The summed E-state index contributed by atoms with van der Waals surface area (Å²) in [5, 5.41) is 4.09. The number of para-hydroxylation sites is 1. The first-order chi connectivity index (χ1) is 14.0. The number of rotatable bonds is 4. The molecule has 3 aromatic rings. The Morgan fingerprint density at radius 2 is 1.79 bits per heavy atom. The fraction of sp³-hybridized carbons (Fsp3) is 0.261. The second-order valence-electron chi connectivity index (χ2n) is 7.18. The van der Waals surface area contributed by atoms with Gasteiger partial charge in [0.2, 0.25) is 0 Å². The number of hydrogen-bond acceptors (Lipinski definition) is 4. The van der Waals surface area contributed by atoms with E-state index >= 15 is 0 Å². The van der Waals surface area contributed by atoms with Gasteiger partial charge in [0.1, 0.15) is 0 Å². The van der Waals surface area contributed by atoms with Gasteiger partial charge in [-0.3, -0.25) is 9.78 Å². The third-order valence-corrected chi connectivity index (χ3v) is 5.39. The number of ether oxygens (including phenoxy) is 1. The number of hydrogen-bond donors (Lipinski definition) is 1. The minimum absolute atomic E-state index is 0.395. The number of amides is 1. The number of pyridine rings is 1. The zero-order valence-corrected chi connectivity index (χ0v) is 16.8. The molecule has 1 amide bonds. The highest BCUT2D eigenvalue weighted by Gasteiger charge is 2.26. The molecule has 0 unspecified atom stereocenters. The van der Waals surface area contributed by atoms with Crippen molar-refractivity contribution in [3.05, 3.63) is 70.4 Å². The fourth-order valence-electron chi connectivity index (χ4n) is 3.66. The summed E-state index contributed by atoms with van der Waals surface area (Å²) in [6.07, 6.45) is 2.78. The van der Waals surface area contributed by atoms with E-state index < -0.39 is 18.0 Å². The van der Waals surface area contributed by atoms with E-state index in [0.717, 1.165) is 47.8 Å². The molecule has 0 aliphatic heterocycles. The molecular weight excluding hydrogens is 388 g/mol. The van der Waals surface area contributed by atoms with Gasteiger partial charge in [-0.15, -0.1) is 0 Å². The minimum atomic E-state index is -0.940. The summed E-state index contributed by atoms with van der Waals surface area (Å²) in [4.78, 5) is 30.3. The second kappa shape index (κ2) is 8.21. The van der Waals surface area contributed by atoms with Gasteiger partial charge in [0.15, 0.2) is 6.10 Å². The Balaban J connectivity index is 1.58. The van der Waals surface area contributed by atoms with Gasteiger partial charge in [-0.2, -0.15) is 0 Å². The number of aromatic nitrogens is 1. The monoisotopic (exact) mass is 408 g/mol. The Bertz CT molecular complexity index is 1080. The van der Waals surface area contributed by atoms with E-state index in [-0.39, 0.29) is 0 Å². The summed E-state index contributed by atoms with van der Waals surface area (Å²) in [7, 11) is 0. The lowest BCUT2D eigenvalue weighted by molar-refractivity contribution is -0.123. The Kier molecular flexibility index (Phi) is 5.49. The Morgan fingerprint density at radius 3 is 2.59 bits per heavy atom. The van der Waals surface area contributed by atoms with Crippen LogP contribution in [0.1, 0.15) is 41.4 Å². The van der Waals surface area contributed by atoms with Crippen LogP contribution in [0.15, 0.2) is 48.5 Å². The summed E-state index contributed by atoms with van der Waals surface area (Å²) in [6.45, 7) is 1.57. The lowest BCUT2D eigenvalue weighted by atomic mass is 9.90. The number of esters is 1. The van der Waals surface area contributed by atoms with Gasteiger partial charge in [0, 0.05) is 21.8 Å². The molecule has 6 heteroatoms. The highest BCUT2D eigenvalue weighted by molar-refractivity contribution is 6.30. The summed E-state index contributed by atoms with van der Waals surface area (Å²) in [6, 6.07) is 14.3. The van der Waals surface area contributed by atoms with E-state index in [4.69, 9.17) is 21.3 Å². The summed E-state index contributed by atoms with van der Waals surface area (Å²) in [5.74, 6) is -0.881. The summed E-state index contributed by atoms with van der Waals surface area (Å²) < 4.78 is 5.56. The van der Waals surface area contributed by atoms with Gasteiger partial charge in [0.25, 0.3) is 5.91 Å². The third kappa shape index (κ3) is 4.10. The number of halogens is 1. The van der Waals surface area contributed by atoms with Gasteiger partial charge >= 0.3 is 5.97 Å². The number of carbonyl (C=O) groups is 2. The maximum absolute atomic E-state index is 13.1. The van der Waals surface area contributed by atoms with Crippen molar-refractivity contribution in [3.63, 3.8) is 0 Å². The first kappa shape index (κ1) is 19.4. The van der Waals surface area contributed by atoms with Crippen LogP contribution in [0.4, 0.5) is 5.69 Å². The largest absolute Gasteiger partial charge is 0.449 e. The molecular formula is C23H21ClN2O3. The van der Waals surface area contributed by atoms with E-state index in [9.17, 15) is 9.59 Å². The molecule has 1 atom stereocenters. The predicted molar refractivity (Wildman–Crippen MR) is 113 cm³/mol. The molecule has 5 nitrogen and oxygen atoms in total. The van der Waals surface area contributed by atoms with Gasteiger partial charge < -0.3 is 10.1 Å². The molecule has 0 radical (unpaired) electrons. The molecule has 0 saturated heterocycles. The predicted octanol–water partition coefficient (Wildman–Crippen LogP) is 4.95. The fourth-order valence-corrected chi connectivity index (χ4v) is 3.78. The van der Waals surface area contributed by atoms with Crippen LogP contribution in [-0.4, -0.2) is 23.0 Å². The SMILES string of the molecule is C[C@H](OC(=O)c1c2c(nc3ccccc13)CCCC2)C(=O)Nc1ccc(Cl)cc1. The highest BCUT2D eigenvalue weighted by Crippen LogP contribution is 2.30. The molecule has 1 N–H and O–H groups in total. The van der Waals surface area contributed by atoms with E-state index in [1.165, 1.54) is 0 Å². The standard InChI is InChI=1S/C23H21ClN2O3/c1-14(22(27)25-16-12-10-15(24)11-13-16)29-23(28)21-17-6-2-4-8-19(17)26-20-9-5-3-7-18(20)21/h2,4,6,8,10-14H,3,5,7,9H2,1H3,(H,25,27)/t14-/m0/s1. The van der Waals surface area contributed by atoms with Gasteiger partial charge in [0.05, 0.1) is 11.1 Å². The van der Waals surface area contributed by atoms with E-state index in [1.54, 1.807) is 31.2 Å². The number of carbonyl (C=O) groups excluding carboxylic acids is 2. The van der Waals surface area contributed by atoms with Crippen LogP contribution in [0.2, 0.25) is 5.02 Å². The molecule has 29 heavy (non-hydrogen) atoms. The molecule has 1 aromatic heterocycles. The summed E-state index contributed by atoms with van der Waals surface area (Å²) in [5.41, 5.74) is 3.81. The van der Waals surface area contributed by atoms with E-state index in [2.05, 4.69) is 5.32 Å². The maximum atomic E-state index is 13.1. The van der Waals surface area contributed by atoms with Crippen molar-refractivity contribution in [2.45, 2.75) is 38.7 Å². The average Bonchev–Trinajstić information content (AvgIpc) is 2.73. The van der Waals surface area contributed by atoms with Gasteiger partial charge in [-0.1, -0.05) is 29.8 Å². The molecule has 1 heterocycles. The number of benzene rings is 2. The van der Waals surface area contributed by atoms with Crippen molar-refractivity contribution in [2.24, 2.45) is 0 Å². The summed E-state index contributed by atoms with van der Waals surface area (Å²) >= 11 is 5.87. The Morgan fingerprint density at radius 1 is 1.07 bits per heavy atom. The van der Waals surface area contributed by atoms with Gasteiger partial charge in [-0.05, 0) is 68.5 Å². The number of nitrogens with one attached hydrogen (secondary N) is 1. The zero-order valence-electron chi connectivity index (χ0n) is 16.1. The van der Waals surface area contributed by atoms with Gasteiger partial charge in [-0.25, -0.2) is 4.79 Å². The van der Waals surface area contributed by atoms with Crippen LogP contribution in [0, 0.1) is 0 Å². The highest BCUT2D eigenvalue weighted by atomic mass is 35.5. The smallest absolute Gasteiger partial charge is 0.339 e. The van der Waals surface area contributed by atoms with Crippen molar-refractivity contribution >= 4 is 40.1 Å². The Hall–Kier alpha value is -2.92. The minimum Gasteiger partial charge on any atom is -0.449 e. The van der Waals surface area contributed by atoms with Crippen LogP contribution < -0.4 is 5.32 Å². The number of fused-ring (bicyclic) bond motifs is 2. The number of aryl methyl sites for hydroxylation is 1. The van der Waals surface area contributed by atoms with Crippen molar-refractivity contribution in [1.29, 1.82) is 0 Å².